The zero-order valence-electron chi connectivity index (χ0n) is 22.6. The van der Waals surface area contributed by atoms with Crippen LogP contribution in [0.25, 0.3) is 0 Å². The lowest BCUT2D eigenvalue weighted by Gasteiger charge is -2.61. The number of Topliss-reactive ketones (excluding diaryl/α,β-unsaturated/α-hetero) is 1. The predicted molar refractivity (Wildman–Crippen MR) is 154 cm³/mol. The SMILES string of the molecule is C.C.C.C.CO[C@H]1O[C@H](C(=O)C[C@H]2O[C@H](OC)[C@@]34OC(C)C3C(C)C[C@H]4[C@H]2C)[C@H](C)[C@@H]2CC(C)C3C(C)O[C@@]312. The highest BCUT2D eigenvalue weighted by atomic mass is 16.7. The third-order valence-corrected chi connectivity index (χ3v) is 11.3. The third-order valence-electron chi connectivity index (χ3n) is 11.3. The van der Waals surface area contributed by atoms with Crippen LogP contribution in [0.15, 0.2) is 0 Å². The van der Waals surface area contributed by atoms with E-state index < -0.39 is 24.3 Å². The van der Waals surface area contributed by atoms with Crippen molar-refractivity contribution in [1.29, 1.82) is 0 Å². The first-order valence-electron chi connectivity index (χ1n) is 13.9. The molecule has 4 aliphatic heterocycles. The van der Waals surface area contributed by atoms with E-state index in [4.69, 9.17) is 28.4 Å². The van der Waals surface area contributed by atoms with Crippen molar-refractivity contribution in [2.45, 2.75) is 139 Å². The summed E-state index contributed by atoms with van der Waals surface area (Å²) >= 11 is 0. The Morgan fingerprint density at radius 1 is 0.718 bits per heavy atom. The molecule has 0 aromatic heterocycles. The molecule has 230 valence electrons. The largest absolute Gasteiger partial charge is 0.366 e. The van der Waals surface area contributed by atoms with Crippen molar-refractivity contribution >= 4 is 5.78 Å². The van der Waals surface area contributed by atoms with E-state index >= 15 is 0 Å². The first-order chi connectivity index (χ1) is 16.6. The molecule has 39 heavy (non-hydrogen) atoms. The molecule has 0 bridgehead atoms. The van der Waals surface area contributed by atoms with E-state index in [-0.39, 0.29) is 77.2 Å². The predicted octanol–water partition coefficient (Wildman–Crippen LogP) is 6.36. The van der Waals surface area contributed by atoms with Gasteiger partial charge in [-0.3, -0.25) is 4.79 Å². The van der Waals surface area contributed by atoms with Gasteiger partial charge in [-0.2, -0.15) is 0 Å². The summed E-state index contributed by atoms with van der Waals surface area (Å²) in [6.07, 6.45) is 1.23. The van der Waals surface area contributed by atoms with Crippen LogP contribution in [0.4, 0.5) is 0 Å². The zero-order valence-corrected chi connectivity index (χ0v) is 22.6. The minimum absolute atomic E-state index is 0. The number of carbonyl (C=O) groups is 1. The van der Waals surface area contributed by atoms with Crippen LogP contribution in [0.5, 0.6) is 0 Å². The van der Waals surface area contributed by atoms with Crippen molar-refractivity contribution in [2.24, 2.45) is 47.3 Å². The maximum Gasteiger partial charge on any atom is 0.187 e. The summed E-state index contributed by atoms with van der Waals surface area (Å²) in [5, 5.41) is 0. The van der Waals surface area contributed by atoms with Crippen LogP contribution in [-0.2, 0) is 33.2 Å². The van der Waals surface area contributed by atoms with E-state index in [2.05, 4.69) is 41.5 Å². The lowest BCUT2D eigenvalue weighted by atomic mass is 9.65. The monoisotopic (exact) mass is 556 g/mol. The highest BCUT2D eigenvalue weighted by Gasteiger charge is 2.74. The van der Waals surface area contributed by atoms with Gasteiger partial charge in [-0.05, 0) is 62.2 Å². The lowest BCUT2D eigenvalue weighted by molar-refractivity contribution is -0.394. The fourth-order valence-electron chi connectivity index (χ4n) is 10.1. The number of hydrogen-bond acceptors (Lipinski definition) is 7. The molecular formula is C32H60O7. The minimum atomic E-state index is -0.510. The summed E-state index contributed by atoms with van der Waals surface area (Å²) in [6.45, 7) is 13.3. The van der Waals surface area contributed by atoms with Crippen molar-refractivity contribution < 1.29 is 33.2 Å². The summed E-state index contributed by atoms with van der Waals surface area (Å²) < 4.78 is 37.5. The first kappa shape index (κ1) is 34.6. The van der Waals surface area contributed by atoms with E-state index in [1.807, 2.05) is 0 Å². The molecule has 0 N–H and O–H groups in total. The number of rotatable bonds is 5. The molecule has 2 spiro atoms. The van der Waals surface area contributed by atoms with E-state index in [9.17, 15) is 4.79 Å². The highest BCUT2D eigenvalue weighted by Crippen LogP contribution is 2.65. The number of ketones is 1. The molecule has 0 aromatic carbocycles. The van der Waals surface area contributed by atoms with Crippen LogP contribution in [-0.4, -0.2) is 68.2 Å². The molecule has 7 nitrogen and oxygen atoms in total. The lowest BCUT2D eigenvalue weighted by Crippen LogP contribution is -2.72. The molecule has 6 unspecified atom stereocenters. The molecule has 0 amide bonds. The van der Waals surface area contributed by atoms with Crippen molar-refractivity contribution in [3.63, 3.8) is 0 Å². The van der Waals surface area contributed by atoms with Gasteiger partial charge in [0.2, 0.25) is 0 Å². The molecule has 6 aliphatic rings. The summed E-state index contributed by atoms with van der Waals surface area (Å²) in [5.74, 6) is 2.92. The Kier molecular flexibility index (Phi) is 10.3. The van der Waals surface area contributed by atoms with Gasteiger partial charge >= 0.3 is 0 Å². The molecule has 7 heteroatoms. The summed E-state index contributed by atoms with van der Waals surface area (Å²) in [7, 11) is 3.37. The van der Waals surface area contributed by atoms with E-state index in [0.717, 1.165) is 12.8 Å². The number of ether oxygens (including phenoxy) is 6. The van der Waals surface area contributed by atoms with Crippen LogP contribution in [0.2, 0.25) is 0 Å². The second-order valence-corrected chi connectivity index (χ2v) is 12.8. The Labute approximate surface area is 239 Å². The molecule has 0 radical (unpaired) electrons. The molecule has 4 saturated heterocycles. The van der Waals surface area contributed by atoms with Crippen LogP contribution in [0, 0.1) is 47.3 Å². The number of carbonyl (C=O) groups excluding carboxylic acids is 1. The Balaban J connectivity index is 0.00000133. The summed E-state index contributed by atoms with van der Waals surface area (Å²) in [6, 6.07) is 0. The minimum Gasteiger partial charge on any atom is -0.366 e. The molecule has 2 aliphatic carbocycles. The summed E-state index contributed by atoms with van der Waals surface area (Å²) in [4.78, 5) is 13.8. The normalized spacial score (nSPS) is 54.4. The first-order valence-corrected chi connectivity index (χ1v) is 13.9. The van der Waals surface area contributed by atoms with Crippen molar-refractivity contribution in [1.82, 2.24) is 0 Å². The van der Waals surface area contributed by atoms with E-state index in [1.54, 1.807) is 14.2 Å². The van der Waals surface area contributed by atoms with Crippen LogP contribution in [0.3, 0.4) is 0 Å². The van der Waals surface area contributed by atoms with Crippen molar-refractivity contribution in [2.75, 3.05) is 14.2 Å². The van der Waals surface area contributed by atoms with E-state index in [0.29, 0.717) is 36.0 Å². The van der Waals surface area contributed by atoms with Crippen molar-refractivity contribution in [3.05, 3.63) is 0 Å². The van der Waals surface area contributed by atoms with Gasteiger partial charge < -0.3 is 28.4 Å². The van der Waals surface area contributed by atoms with Gasteiger partial charge in [0.05, 0.1) is 18.3 Å². The second-order valence-electron chi connectivity index (χ2n) is 12.8. The standard InChI is InChI=1S/C28H44O7.4CH4/c1-12-9-18-14(3)21(32-25(30-7)27(18)22(12)16(5)34-27)11-20(29)24-15(4)19-10-13(2)23-17(6)35-28(19,23)26(31-8)33-24;;;;/h12-19,21-26H,9-11H2,1-8H3;4*1H4/t12?,13?,14-,15-,16?,17?,18+,19+,21-,22?,23?,24+,25+,26+,27+,28+;;;;/m1..../s1. The van der Waals surface area contributed by atoms with Gasteiger partial charge in [0.15, 0.2) is 18.4 Å². The van der Waals surface area contributed by atoms with Crippen molar-refractivity contribution in [3.8, 4) is 0 Å². The fourth-order valence-corrected chi connectivity index (χ4v) is 10.1. The maximum absolute atomic E-state index is 13.8. The van der Waals surface area contributed by atoms with Gasteiger partial charge in [-0.25, -0.2) is 0 Å². The molecule has 4 heterocycles. The average Bonchev–Trinajstić information content (AvgIpc) is 3.19. The topological polar surface area (TPSA) is 72.5 Å². The Hall–Kier alpha value is -0.570. The van der Waals surface area contributed by atoms with Gasteiger partial charge in [-0.1, -0.05) is 57.4 Å². The molecular weight excluding hydrogens is 496 g/mol. The van der Waals surface area contributed by atoms with Gasteiger partial charge in [-0.15, -0.1) is 0 Å². The highest BCUT2D eigenvalue weighted by molar-refractivity contribution is 5.84. The number of hydrogen-bond donors (Lipinski definition) is 0. The smallest absolute Gasteiger partial charge is 0.187 e. The number of methoxy groups -OCH3 is 2. The van der Waals surface area contributed by atoms with E-state index in [1.165, 1.54) is 0 Å². The Morgan fingerprint density at radius 2 is 1.15 bits per heavy atom. The molecule has 0 aromatic rings. The zero-order chi connectivity index (χ0) is 25.0. The quantitative estimate of drug-likeness (QED) is 0.390. The average molecular weight is 557 g/mol. The van der Waals surface area contributed by atoms with Crippen LogP contribution in [0.1, 0.15) is 90.5 Å². The van der Waals surface area contributed by atoms with Gasteiger partial charge in [0.25, 0.3) is 0 Å². The van der Waals surface area contributed by atoms with Crippen LogP contribution < -0.4 is 0 Å². The second kappa shape index (κ2) is 11.6. The van der Waals surface area contributed by atoms with Gasteiger partial charge in [0, 0.05) is 32.5 Å². The fraction of sp³-hybridized carbons (Fsp3) is 0.969. The summed E-state index contributed by atoms with van der Waals surface area (Å²) in [5.41, 5.74) is -0.791. The molecule has 16 atom stereocenters. The Bertz CT molecular complexity index is 865. The third kappa shape index (κ3) is 4.23. The molecule has 6 fully saturated rings. The molecule has 6 rings (SSSR count). The van der Waals surface area contributed by atoms with Gasteiger partial charge in [0.1, 0.15) is 17.3 Å². The van der Waals surface area contributed by atoms with Crippen LogP contribution >= 0.6 is 0 Å². The maximum atomic E-state index is 13.8. The molecule has 2 saturated carbocycles. The Morgan fingerprint density at radius 3 is 1.59 bits per heavy atom.